The first-order valence-electron chi connectivity index (χ1n) is 6.11. The molecule has 1 N–H and O–H groups in total. The molecule has 0 bridgehead atoms. The molecule has 6 nitrogen and oxygen atoms in total. The van der Waals surface area contributed by atoms with Crippen molar-refractivity contribution < 1.29 is 22.7 Å². The molecule has 1 aliphatic rings. The second kappa shape index (κ2) is 5.10. The second-order valence-electron chi connectivity index (χ2n) is 5.06. The van der Waals surface area contributed by atoms with E-state index in [4.69, 9.17) is 5.11 Å². The summed E-state index contributed by atoms with van der Waals surface area (Å²) in [4.78, 5) is 14.7. The van der Waals surface area contributed by atoms with Crippen molar-refractivity contribution in [3.05, 3.63) is 24.1 Å². The molecule has 1 fully saturated rings. The molecule has 1 aromatic heterocycles. The van der Waals surface area contributed by atoms with E-state index in [0.717, 1.165) is 10.4 Å². The molecule has 0 atom stereocenters. The van der Waals surface area contributed by atoms with E-state index in [1.807, 2.05) is 0 Å². The number of aliphatic carboxylic acids is 1. The Kier molecular flexibility index (Phi) is 3.79. The van der Waals surface area contributed by atoms with Crippen LogP contribution in [0.25, 0.3) is 0 Å². The molecule has 110 valence electrons. The van der Waals surface area contributed by atoms with Gasteiger partial charge < -0.3 is 5.11 Å². The number of sulfonamides is 1. The SMILES string of the molecule is CC1(C(=O)O)CCN(S(=O)(=O)c2ncccc2F)CC1. The van der Waals surface area contributed by atoms with Gasteiger partial charge in [-0.25, -0.2) is 17.8 Å². The zero-order valence-corrected chi connectivity index (χ0v) is 11.7. The normalized spacial score (nSPS) is 19.7. The van der Waals surface area contributed by atoms with Crippen molar-refractivity contribution in [2.75, 3.05) is 13.1 Å². The summed E-state index contributed by atoms with van der Waals surface area (Å²) in [6.45, 7) is 1.67. The molecule has 0 amide bonds. The number of pyridine rings is 1. The van der Waals surface area contributed by atoms with Gasteiger partial charge in [0.15, 0.2) is 5.82 Å². The predicted octanol–water partition coefficient (Wildman–Crippen LogP) is 1.10. The lowest BCUT2D eigenvalue weighted by atomic mass is 9.81. The third kappa shape index (κ3) is 2.53. The Morgan fingerprint density at radius 2 is 2.05 bits per heavy atom. The van der Waals surface area contributed by atoms with E-state index < -0.39 is 32.3 Å². The smallest absolute Gasteiger partial charge is 0.309 e. The number of hydrogen-bond acceptors (Lipinski definition) is 4. The van der Waals surface area contributed by atoms with Gasteiger partial charge in [-0.1, -0.05) is 0 Å². The Morgan fingerprint density at radius 1 is 1.45 bits per heavy atom. The van der Waals surface area contributed by atoms with Gasteiger partial charge in [0.25, 0.3) is 10.0 Å². The number of rotatable bonds is 3. The number of piperidine rings is 1. The standard InChI is InChI=1S/C12H15FN2O4S/c1-12(11(16)17)4-7-15(8-5-12)20(18,19)10-9(13)3-2-6-14-10/h2-3,6H,4-5,7-8H2,1H3,(H,16,17). The lowest BCUT2D eigenvalue weighted by Crippen LogP contribution is -2.45. The van der Waals surface area contributed by atoms with Crippen molar-refractivity contribution in [3.63, 3.8) is 0 Å². The minimum Gasteiger partial charge on any atom is -0.481 e. The maximum atomic E-state index is 13.6. The van der Waals surface area contributed by atoms with Crippen molar-refractivity contribution in [1.82, 2.24) is 9.29 Å². The van der Waals surface area contributed by atoms with Crippen LogP contribution in [0.2, 0.25) is 0 Å². The van der Waals surface area contributed by atoms with Crippen molar-refractivity contribution in [2.24, 2.45) is 5.41 Å². The lowest BCUT2D eigenvalue weighted by molar-refractivity contribution is -0.150. The number of carboxylic acid groups (broad SMARTS) is 1. The van der Waals surface area contributed by atoms with Gasteiger partial charge in [0.2, 0.25) is 5.03 Å². The molecular weight excluding hydrogens is 287 g/mol. The fourth-order valence-electron chi connectivity index (χ4n) is 2.12. The molecule has 2 heterocycles. The first-order chi connectivity index (χ1) is 9.27. The first-order valence-corrected chi connectivity index (χ1v) is 7.55. The van der Waals surface area contributed by atoms with E-state index in [2.05, 4.69) is 4.98 Å². The summed E-state index contributed by atoms with van der Waals surface area (Å²) in [7, 11) is -4.01. The average Bonchev–Trinajstić information content (AvgIpc) is 2.39. The molecule has 20 heavy (non-hydrogen) atoms. The van der Waals surface area contributed by atoms with Crippen LogP contribution in [-0.4, -0.2) is 41.9 Å². The highest BCUT2D eigenvalue weighted by molar-refractivity contribution is 7.89. The van der Waals surface area contributed by atoms with Gasteiger partial charge >= 0.3 is 5.97 Å². The topological polar surface area (TPSA) is 87.6 Å². The van der Waals surface area contributed by atoms with Crippen LogP contribution in [-0.2, 0) is 14.8 Å². The minimum atomic E-state index is -4.01. The van der Waals surface area contributed by atoms with Crippen LogP contribution in [0.4, 0.5) is 4.39 Å². The largest absolute Gasteiger partial charge is 0.481 e. The highest BCUT2D eigenvalue weighted by atomic mass is 32.2. The van der Waals surface area contributed by atoms with Gasteiger partial charge in [-0.3, -0.25) is 4.79 Å². The molecule has 1 aliphatic heterocycles. The Bertz CT molecular complexity index is 624. The molecule has 0 aromatic carbocycles. The predicted molar refractivity (Wildman–Crippen MR) is 67.9 cm³/mol. The van der Waals surface area contributed by atoms with Gasteiger partial charge in [-0.15, -0.1) is 0 Å². The van der Waals surface area contributed by atoms with Gasteiger partial charge in [0.05, 0.1) is 5.41 Å². The van der Waals surface area contributed by atoms with Crippen molar-refractivity contribution in [3.8, 4) is 0 Å². The first kappa shape index (κ1) is 14.9. The fourth-order valence-corrected chi connectivity index (χ4v) is 3.53. The summed E-state index contributed by atoms with van der Waals surface area (Å²) in [5.41, 5.74) is -0.936. The number of hydrogen-bond donors (Lipinski definition) is 1. The molecule has 1 saturated heterocycles. The summed E-state index contributed by atoms with van der Waals surface area (Å²) in [6.07, 6.45) is 1.59. The van der Waals surface area contributed by atoms with E-state index in [-0.39, 0.29) is 25.9 Å². The number of carbonyl (C=O) groups is 1. The van der Waals surface area contributed by atoms with Gasteiger partial charge in [-0.05, 0) is 31.9 Å². The van der Waals surface area contributed by atoms with Gasteiger partial charge in [-0.2, -0.15) is 4.31 Å². The number of nitrogens with zero attached hydrogens (tertiary/aromatic N) is 2. The Balaban J connectivity index is 2.22. The van der Waals surface area contributed by atoms with E-state index in [1.54, 1.807) is 6.92 Å². The summed E-state index contributed by atoms with van der Waals surface area (Å²) in [6, 6.07) is 2.34. The Labute approximate surface area is 116 Å². The third-order valence-corrected chi connectivity index (χ3v) is 5.49. The minimum absolute atomic E-state index is 0.0428. The number of carboxylic acids is 1. The molecule has 2 rings (SSSR count). The van der Waals surface area contributed by atoms with Crippen LogP contribution in [0, 0.1) is 11.2 Å². The Morgan fingerprint density at radius 3 is 2.55 bits per heavy atom. The zero-order chi connectivity index (χ0) is 15.0. The Hall–Kier alpha value is -1.54. The summed E-state index contributed by atoms with van der Waals surface area (Å²) < 4.78 is 39.2. The van der Waals surface area contributed by atoms with Crippen molar-refractivity contribution in [2.45, 2.75) is 24.8 Å². The van der Waals surface area contributed by atoms with Crippen LogP contribution in [0.3, 0.4) is 0 Å². The monoisotopic (exact) mass is 302 g/mol. The van der Waals surface area contributed by atoms with Crippen LogP contribution < -0.4 is 0 Å². The number of aromatic nitrogens is 1. The molecule has 0 saturated carbocycles. The van der Waals surface area contributed by atoms with Crippen LogP contribution in [0.1, 0.15) is 19.8 Å². The molecule has 8 heteroatoms. The quantitative estimate of drug-likeness (QED) is 0.903. The third-order valence-electron chi connectivity index (χ3n) is 3.65. The van der Waals surface area contributed by atoms with E-state index in [0.29, 0.717) is 0 Å². The molecule has 0 unspecified atom stereocenters. The summed E-state index contributed by atoms with van der Waals surface area (Å²) in [5.74, 6) is -1.85. The van der Waals surface area contributed by atoms with E-state index in [9.17, 15) is 17.6 Å². The van der Waals surface area contributed by atoms with Crippen molar-refractivity contribution >= 4 is 16.0 Å². The van der Waals surface area contributed by atoms with Gasteiger partial charge in [0.1, 0.15) is 0 Å². The second-order valence-corrected chi connectivity index (χ2v) is 6.91. The van der Waals surface area contributed by atoms with Crippen molar-refractivity contribution in [1.29, 1.82) is 0 Å². The van der Waals surface area contributed by atoms with E-state index in [1.165, 1.54) is 12.3 Å². The molecule has 0 aliphatic carbocycles. The van der Waals surface area contributed by atoms with Crippen LogP contribution in [0.5, 0.6) is 0 Å². The summed E-state index contributed by atoms with van der Waals surface area (Å²) >= 11 is 0. The van der Waals surface area contributed by atoms with Crippen LogP contribution in [0.15, 0.2) is 23.4 Å². The number of halogens is 1. The lowest BCUT2D eigenvalue weighted by Gasteiger charge is -2.35. The molecule has 0 spiro atoms. The summed E-state index contributed by atoms with van der Waals surface area (Å²) in [5, 5.41) is 8.50. The highest BCUT2D eigenvalue weighted by Crippen LogP contribution is 2.33. The zero-order valence-electron chi connectivity index (χ0n) is 10.9. The maximum absolute atomic E-state index is 13.6. The molecule has 0 radical (unpaired) electrons. The van der Waals surface area contributed by atoms with Gasteiger partial charge in [0, 0.05) is 19.3 Å². The van der Waals surface area contributed by atoms with Crippen LogP contribution >= 0.6 is 0 Å². The van der Waals surface area contributed by atoms with E-state index >= 15 is 0 Å². The fraction of sp³-hybridized carbons (Fsp3) is 0.500. The highest BCUT2D eigenvalue weighted by Gasteiger charge is 2.41. The average molecular weight is 302 g/mol. The maximum Gasteiger partial charge on any atom is 0.309 e. The molecular formula is C12H15FN2O4S. The molecule has 1 aromatic rings.